The first-order valence-corrected chi connectivity index (χ1v) is 6.88. The smallest absolute Gasteiger partial charge is 0.0198 e. The fraction of sp³-hybridized carbons (Fsp3) is 1.00. The third-order valence-corrected chi connectivity index (χ3v) is 4.53. The molecule has 0 radical (unpaired) electrons. The van der Waals surface area contributed by atoms with Gasteiger partial charge in [0, 0.05) is 31.7 Å². The molecular formula is C13H24N2. The van der Waals surface area contributed by atoms with E-state index in [-0.39, 0.29) is 0 Å². The number of nitrogens with zero attached hydrogens (tertiary/aromatic N) is 1. The lowest BCUT2D eigenvalue weighted by Crippen LogP contribution is -2.52. The zero-order chi connectivity index (χ0) is 10.1. The van der Waals surface area contributed by atoms with Crippen molar-refractivity contribution in [2.75, 3.05) is 19.6 Å². The van der Waals surface area contributed by atoms with E-state index in [1.165, 1.54) is 64.6 Å². The minimum atomic E-state index is 0.826. The Kier molecular flexibility index (Phi) is 2.98. The molecule has 86 valence electrons. The number of hydrogen-bond acceptors (Lipinski definition) is 2. The molecule has 3 aliphatic rings. The van der Waals surface area contributed by atoms with Gasteiger partial charge in [0.2, 0.25) is 0 Å². The summed E-state index contributed by atoms with van der Waals surface area (Å²) < 4.78 is 0. The molecule has 2 saturated heterocycles. The second-order valence-electron chi connectivity index (χ2n) is 5.86. The maximum atomic E-state index is 3.72. The molecule has 3 rings (SSSR count). The molecule has 0 aromatic carbocycles. The van der Waals surface area contributed by atoms with E-state index in [4.69, 9.17) is 0 Å². The van der Waals surface area contributed by atoms with Crippen LogP contribution in [0.2, 0.25) is 0 Å². The molecule has 2 nitrogen and oxygen atoms in total. The van der Waals surface area contributed by atoms with Gasteiger partial charge < -0.3 is 5.32 Å². The lowest BCUT2D eigenvalue weighted by atomic mass is 9.88. The van der Waals surface area contributed by atoms with E-state index < -0.39 is 0 Å². The summed E-state index contributed by atoms with van der Waals surface area (Å²) in [4.78, 5) is 2.74. The van der Waals surface area contributed by atoms with Crippen LogP contribution in [-0.2, 0) is 0 Å². The number of likely N-dealkylation sites (tertiary alicyclic amines) is 1. The molecule has 1 aliphatic carbocycles. The second-order valence-corrected chi connectivity index (χ2v) is 5.86. The molecule has 0 spiro atoms. The van der Waals surface area contributed by atoms with Gasteiger partial charge in [0.1, 0.15) is 0 Å². The zero-order valence-electron chi connectivity index (χ0n) is 9.75. The van der Waals surface area contributed by atoms with Crippen molar-refractivity contribution in [3.8, 4) is 0 Å². The van der Waals surface area contributed by atoms with Gasteiger partial charge >= 0.3 is 0 Å². The normalized spacial score (nSPS) is 38.4. The van der Waals surface area contributed by atoms with E-state index in [2.05, 4.69) is 10.2 Å². The van der Waals surface area contributed by atoms with Crippen LogP contribution in [0.4, 0.5) is 0 Å². The van der Waals surface area contributed by atoms with Gasteiger partial charge in [0.15, 0.2) is 0 Å². The summed E-state index contributed by atoms with van der Waals surface area (Å²) in [6.07, 6.45) is 10.3. The van der Waals surface area contributed by atoms with E-state index in [0.717, 1.165) is 18.0 Å². The Bertz CT molecular complexity index is 199. The van der Waals surface area contributed by atoms with Crippen LogP contribution in [0.15, 0.2) is 0 Å². The lowest BCUT2D eigenvalue weighted by Gasteiger charge is -2.36. The molecule has 2 heteroatoms. The van der Waals surface area contributed by atoms with Gasteiger partial charge in [0.05, 0.1) is 0 Å². The summed E-state index contributed by atoms with van der Waals surface area (Å²) in [5.41, 5.74) is 0. The standard InChI is InChI=1S/C13H24N2/c1-2-4-11(5-3-1)8-15-9-12-6-7-13(10-15)14-12/h11-14H,1-10H2. The monoisotopic (exact) mass is 208 g/mol. The van der Waals surface area contributed by atoms with Crippen LogP contribution < -0.4 is 5.32 Å². The predicted molar refractivity (Wildman–Crippen MR) is 63.0 cm³/mol. The van der Waals surface area contributed by atoms with Gasteiger partial charge in [-0.15, -0.1) is 0 Å². The van der Waals surface area contributed by atoms with Crippen molar-refractivity contribution in [1.82, 2.24) is 10.2 Å². The highest BCUT2D eigenvalue weighted by molar-refractivity contribution is 4.93. The van der Waals surface area contributed by atoms with Crippen LogP contribution in [0.1, 0.15) is 44.9 Å². The summed E-state index contributed by atoms with van der Waals surface area (Å²) in [6.45, 7) is 4.05. The SMILES string of the molecule is C1CCC(CN2CC3CCC(C2)N3)CC1. The summed E-state index contributed by atoms with van der Waals surface area (Å²) in [6, 6.07) is 1.65. The van der Waals surface area contributed by atoms with Gasteiger partial charge in [-0.05, 0) is 31.6 Å². The molecule has 0 aromatic rings. The zero-order valence-corrected chi connectivity index (χ0v) is 9.75. The molecule has 2 heterocycles. The van der Waals surface area contributed by atoms with Gasteiger partial charge in [-0.2, -0.15) is 0 Å². The minimum Gasteiger partial charge on any atom is -0.309 e. The first-order chi connectivity index (χ1) is 7.40. The van der Waals surface area contributed by atoms with Crippen molar-refractivity contribution in [3.05, 3.63) is 0 Å². The number of fused-ring (bicyclic) bond motifs is 2. The molecule has 2 atom stereocenters. The highest BCUT2D eigenvalue weighted by Crippen LogP contribution is 2.27. The Morgan fingerprint density at radius 2 is 1.53 bits per heavy atom. The van der Waals surface area contributed by atoms with Gasteiger partial charge in [0.25, 0.3) is 0 Å². The molecule has 2 aliphatic heterocycles. The average molecular weight is 208 g/mol. The summed E-state index contributed by atoms with van der Waals surface area (Å²) >= 11 is 0. The van der Waals surface area contributed by atoms with Crippen molar-refractivity contribution in [3.63, 3.8) is 0 Å². The van der Waals surface area contributed by atoms with Crippen LogP contribution in [0, 0.1) is 5.92 Å². The Labute approximate surface area is 93.4 Å². The largest absolute Gasteiger partial charge is 0.309 e. The molecule has 2 unspecified atom stereocenters. The molecule has 0 aromatic heterocycles. The predicted octanol–water partition coefficient (Wildman–Crippen LogP) is 2.00. The van der Waals surface area contributed by atoms with Gasteiger partial charge in [-0.1, -0.05) is 19.3 Å². The third kappa shape index (κ3) is 2.36. The second kappa shape index (κ2) is 4.42. The summed E-state index contributed by atoms with van der Waals surface area (Å²) in [7, 11) is 0. The Balaban J connectivity index is 1.50. The lowest BCUT2D eigenvalue weighted by molar-refractivity contribution is 0.153. The van der Waals surface area contributed by atoms with E-state index in [1.807, 2.05) is 0 Å². The number of piperazine rings is 1. The van der Waals surface area contributed by atoms with E-state index in [9.17, 15) is 0 Å². The minimum absolute atomic E-state index is 0.826. The fourth-order valence-electron chi connectivity index (χ4n) is 3.77. The maximum absolute atomic E-state index is 3.72. The molecule has 0 amide bonds. The van der Waals surface area contributed by atoms with Crippen molar-refractivity contribution in [2.45, 2.75) is 57.0 Å². The highest BCUT2D eigenvalue weighted by Gasteiger charge is 2.32. The average Bonchev–Trinajstić information content (AvgIpc) is 2.60. The van der Waals surface area contributed by atoms with Gasteiger partial charge in [-0.25, -0.2) is 0 Å². The number of nitrogens with one attached hydrogen (secondary N) is 1. The van der Waals surface area contributed by atoms with Crippen LogP contribution in [0.3, 0.4) is 0 Å². The highest BCUT2D eigenvalue weighted by atomic mass is 15.2. The van der Waals surface area contributed by atoms with Crippen LogP contribution in [-0.4, -0.2) is 36.6 Å². The van der Waals surface area contributed by atoms with E-state index in [0.29, 0.717) is 0 Å². The first kappa shape index (κ1) is 10.1. The van der Waals surface area contributed by atoms with Crippen molar-refractivity contribution in [1.29, 1.82) is 0 Å². The van der Waals surface area contributed by atoms with Crippen molar-refractivity contribution >= 4 is 0 Å². The Morgan fingerprint density at radius 1 is 0.867 bits per heavy atom. The molecule has 15 heavy (non-hydrogen) atoms. The van der Waals surface area contributed by atoms with E-state index in [1.54, 1.807) is 0 Å². The van der Waals surface area contributed by atoms with E-state index >= 15 is 0 Å². The van der Waals surface area contributed by atoms with Crippen LogP contribution in [0.5, 0.6) is 0 Å². The van der Waals surface area contributed by atoms with Gasteiger partial charge in [-0.3, -0.25) is 4.90 Å². The topological polar surface area (TPSA) is 15.3 Å². The van der Waals surface area contributed by atoms with Crippen molar-refractivity contribution in [2.24, 2.45) is 5.92 Å². The quantitative estimate of drug-likeness (QED) is 0.747. The molecule has 3 fully saturated rings. The maximum Gasteiger partial charge on any atom is 0.0198 e. The van der Waals surface area contributed by atoms with Crippen molar-refractivity contribution < 1.29 is 0 Å². The fourth-order valence-corrected chi connectivity index (χ4v) is 3.77. The number of rotatable bonds is 2. The number of hydrogen-bond donors (Lipinski definition) is 1. The Morgan fingerprint density at radius 3 is 2.20 bits per heavy atom. The van der Waals surface area contributed by atoms with Crippen LogP contribution >= 0.6 is 0 Å². The molecular weight excluding hydrogens is 184 g/mol. The first-order valence-electron chi connectivity index (χ1n) is 6.88. The molecule has 2 bridgehead atoms. The third-order valence-electron chi connectivity index (χ3n) is 4.53. The Hall–Kier alpha value is -0.0800. The summed E-state index contributed by atoms with van der Waals surface area (Å²) in [5, 5.41) is 3.72. The van der Waals surface area contributed by atoms with Crippen LogP contribution in [0.25, 0.3) is 0 Å². The molecule has 1 N–H and O–H groups in total. The molecule has 1 saturated carbocycles. The summed E-state index contributed by atoms with van der Waals surface area (Å²) in [5.74, 6) is 1.02.